The molecule has 164 valence electrons. The Kier molecular flexibility index (Phi) is 6.63. The van der Waals surface area contributed by atoms with Crippen LogP contribution >= 0.6 is 0 Å². The molecule has 0 unspecified atom stereocenters. The molecule has 0 aliphatic heterocycles. The summed E-state index contributed by atoms with van der Waals surface area (Å²) < 4.78 is 67.3. The van der Waals surface area contributed by atoms with E-state index in [1.54, 1.807) is 0 Å². The molecule has 1 aromatic carbocycles. The van der Waals surface area contributed by atoms with Crippen molar-refractivity contribution >= 4 is 32.1 Å². The Morgan fingerprint density at radius 3 is 2.03 bits per heavy atom. The molecule has 0 atom stereocenters. The minimum atomic E-state index is -5.00. The van der Waals surface area contributed by atoms with Crippen molar-refractivity contribution in [3.8, 4) is 17.8 Å². The van der Waals surface area contributed by atoms with Crippen LogP contribution in [0.15, 0.2) is 29.2 Å². The van der Waals surface area contributed by atoms with Gasteiger partial charge in [-0.25, -0.2) is 13.2 Å². The van der Waals surface area contributed by atoms with Gasteiger partial charge in [0.1, 0.15) is 10.6 Å². The average molecular weight is 463 g/mol. The molecule has 2 aromatic rings. The van der Waals surface area contributed by atoms with Gasteiger partial charge in [-0.15, -0.1) is 4.98 Å². The summed E-state index contributed by atoms with van der Waals surface area (Å²) in [6, 6.07) is 2.51. The van der Waals surface area contributed by atoms with Crippen molar-refractivity contribution in [2.24, 2.45) is 0 Å². The number of ether oxygens (including phenoxy) is 2. The van der Waals surface area contributed by atoms with Crippen LogP contribution in [0.25, 0.3) is 0 Å². The number of aromatic nitrogens is 3. The summed E-state index contributed by atoms with van der Waals surface area (Å²) in [5, 5.41) is 9.86. The lowest BCUT2D eigenvalue weighted by atomic mass is 10.3. The highest BCUT2D eigenvalue weighted by atomic mass is 32.2. The number of aromatic hydroxyl groups is 1. The minimum Gasteiger partial charge on any atom is -0.507 e. The number of urea groups is 1. The van der Waals surface area contributed by atoms with Crippen LogP contribution in [-0.4, -0.2) is 78.9 Å². The summed E-state index contributed by atoms with van der Waals surface area (Å²) in [4.78, 5) is 23.9. The Bertz CT molecular complexity index is 1130. The zero-order valence-corrected chi connectivity index (χ0v) is 17.5. The van der Waals surface area contributed by atoms with Gasteiger partial charge in [0, 0.05) is 7.05 Å². The maximum absolute atomic E-state index is 12.9. The number of sulfonamides is 1. The smallest absolute Gasteiger partial charge is 0.341 e. The Morgan fingerprint density at radius 2 is 1.57 bits per heavy atom. The van der Waals surface area contributed by atoms with Gasteiger partial charge in [-0.3, -0.25) is 9.45 Å². The average Bonchev–Trinajstić information content (AvgIpc) is 2.69. The van der Waals surface area contributed by atoms with E-state index in [0.717, 1.165) is 19.2 Å². The van der Waals surface area contributed by atoms with E-state index in [4.69, 9.17) is 9.47 Å². The van der Waals surface area contributed by atoms with Crippen molar-refractivity contribution in [1.29, 1.82) is 0 Å². The van der Waals surface area contributed by atoms with E-state index in [0.29, 0.717) is 4.90 Å². The number of rotatable bonds is 7. The Morgan fingerprint density at radius 1 is 1.03 bits per heavy atom. The molecule has 0 aliphatic rings. The monoisotopic (exact) mass is 463 g/mol. The Hall–Kier alpha value is -3.24. The number of nitrogens with zero attached hydrogens (tertiary/aromatic N) is 5. The number of methoxy groups -OCH3 is 2. The Balaban J connectivity index is 2.57. The third-order valence-electron chi connectivity index (χ3n) is 3.46. The highest BCUT2D eigenvalue weighted by Gasteiger charge is 2.37. The molecule has 2 amide bonds. The number of anilines is 1. The van der Waals surface area contributed by atoms with E-state index in [-0.39, 0.29) is 16.3 Å². The first-order chi connectivity index (χ1) is 13.9. The zero-order valence-electron chi connectivity index (χ0n) is 15.8. The predicted octanol–water partition coefficient (Wildman–Crippen LogP) is -0.313. The number of carbonyl (C=O) groups excluding carboxylic acids is 1. The second kappa shape index (κ2) is 8.64. The van der Waals surface area contributed by atoms with Crippen LogP contribution in [0.2, 0.25) is 0 Å². The molecule has 0 radical (unpaired) electrons. The quantitative estimate of drug-likeness (QED) is 0.510. The third kappa shape index (κ3) is 5.02. The van der Waals surface area contributed by atoms with E-state index < -0.39 is 48.6 Å². The number of phenolic OH excluding ortho intramolecular Hbond substituents is 1. The van der Waals surface area contributed by atoms with E-state index in [2.05, 4.69) is 15.0 Å². The van der Waals surface area contributed by atoms with Gasteiger partial charge in [-0.1, -0.05) is 12.1 Å². The Labute approximate surface area is 171 Å². The van der Waals surface area contributed by atoms with E-state index >= 15 is 0 Å². The molecular formula is C14H17N5O9S2. The lowest BCUT2D eigenvalue weighted by Crippen LogP contribution is -2.47. The number of hydrogen-bond donors (Lipinski definition) is 2. The van der Waals surface area contributed by atoms with Crippen molar-refractivity contribution in [1.82, 2.24) is 19.3 Å². The molecule has 0 aliphatic carbocycles. The van der Waals surface area contributed by atoms with Crippen LogP contribution in [0.3, 0.4) is 0 Å². The summed E-state index contributed by atoms with van der Waals surface area (Å²) in [6.07, 6.45) is 0. The van der Waals surface area contributed by atoms with Gasteiger partial charge in [0.25, 0.3) is 20.1 Å². The van der Waals surface area contributed by atoms with Crippen molar-refractivity contribution in [2.45, 2.75) is 4.90 Å². The van der Waals surface area contributed by atoms with Gasteiger partial charge in [0.2, 0.25) is 5.95 Å². The number of carbonyl (C=O) groups is 1. The van der Waals surface area contributed by atoms with Gasteiger partial charge >= 0.3 is 18.1 Å². The summed E-state index contributed by atoms with van der Waals surface area (Å²) >= 11 is 0. The van der Waals surface area contributed by atoms with Crippen LogP contribution in [0, 0.1) is 0 Å². The fourth-order valence-electron chi connectivity index (χ4n) is 2.08. The van der Waals surface area contributed by atoms with Gasteiger partial charge in [-0.05, 0) is 12.1 Å². The second-order valence-corrected chi connectivity index (χ2v) is 8.74. The van der Waals surface area contributed by atoms with Crippen LogP contribution in [0.4, 0.5) is 10.7 Å². The molecule has 30 heavy (non-hydrogen) atoms. The van der Waals surface area contributed by atoms with Crippen molar-refractivity contribution in [3.05, 3.63) is 24.3 Å². The van der Waals surface area contributed by atoms with Gasteiger partial charge in [0.15, 0.2) is 5.88 Å². The molecule has 1 aromatic heterocycles. The molecule has 14 nitrogen and oxygen atoms in total. The van der Waals surface area contributed by atoms with Crippen LogP contribution in [0.1, 0.15) is 0 Å². The lowest BCUT2D eigenvalue weighted by molar-refractivity contribution is 0.232. The first-order valence-electron chi connectivity index (χ1n) is 7.78. The molecule has 2 N–H and O–H groups in total. The van der Waals surface area contributed by atoms with Gasteiger partial charge in [-0.2, -0.15) is 22.7 Å². The van der Waals surface area contributed by atoms with Crippen LogP contribution in [0.5, 0.6) is 17.8 Å². The molecule has 0 fully saturated rings. The highest BCUT2D eigenvalue weighted by molar-refractivity contribution is 7.91. The second-order valence-electron chi connectivity index (χ2n) is 5.48. The summed E-state index contributed by atoms with van der Waals surface area (Å²) in [5.74, 6) is -2.82. The molecule has 1 heterocycles. The van der Waals surface area contributed by atoms with Gasteiger partial charge < -0.3 is 14.6 Å². The number of phenols is 1. The summed E-state index contributed by atoms with van der Waals surface area (Å²) in [5.41, 5.74) is 0. The molecule has 0 spiro atoms. The van der Waals surface area contributed by atoms with Crippen molar-refractivity contribution in [2.75, 3.05) is 32.0 Å². The minimum absolute atomic E-state index is 0.167. The number of amides is 2. The van der Waals surface area contributed by atoms with E-state index in [1.807, 2.05) is 0 Å². The van der Waals surface area contributed by atoms with E-state index in [9.17, 15) is 31.3 Å². The lowest BCUT2D eigenvalue weighted by Gasteiger charge is -2.25. The van der Waals surface area contributed by atoms with Crippen molar-refractivity contribution < 1.29 is 40.8 Å². The molecule has 0 saturated carbocycles. The molecule has 0 bridgehead atoms. The third-order valence-corrected chi connectivity index (χ3v) is 5.98. The van der Waals surface area contributed by atoms with E-state index in [1.165, 1.54) is 26.4 Å². The first kappa shape index (κ1) is 23.0. The molecule has 0 saturated heterocycles. The fourth-order valence-corrected chi connectivity index (χ4v) is 4.59. The summed E-state index contributed by atoms with van der Waals surface area (Å²) in [6.45, 7) is 0. The zero-order chi connectivity index (χ0) is 22.7. The molecular weight excluding hydrogens is 446 g/mol. The largest absolute Gasteiger partial charge is 0.507 e. The standard InChI is InChI=1S/C14H17N5O9S2/c1-18(11-15-12(27-2)17-13(16-11)28-3)14(21)19(8-29(22,23)24)30(25,26)10-7-5-4-6-9(10)20/h4-7,20H,8H2,1-3H3,(H,22,23,24). The topological polar surface area (TPSA) is 189 Å². The van der Waals surface area contributed by atoms with Crippen LogP contribution in [-0.2, 0) is 20.1 Å². The summed E-state index contributed by atoms with van der Waals surface area (Å²) in [7, 11) is -6.46. The maximum Gasteiger partial charge on any atom is 0.341 e. The SMILES string of the molecule is COc1nc(OC)nc(N(C)C(=O)N(CS(=O)(=O)O)S(=O)(=O)c2ccccc2O)n1. The fraction of sp³-hybridized carbons (Fsp3) is 0.286. The first-order valence-corrected chi connectivity index (χ1v) is 10.8. The maximum atomic E-state index is 12.9. The van der Waals surface area contributed by atoms with Gasteiger partial charge in [0.05, 0.1) is 14.2 Å². The highest BCUT2D eigenvalue weighted by Crippen LogP contribution is 2.27. The van der Waals surface area contributed by atoms with Crippen LogP contribution < -0.4 is 14.4 Å². The molecule has 16 heteroatoms. The predicted molar refractivity (Wildman–Crippen MR) is 100 cm³/mol. The number of para-hydroxylation sites is 1. The number of hydrogen-bond acceptors (Lipinski definition) is 11. The normalized spacial score (nSPS) is 11.6. The van der Waals surface area contributed by atoms with Crippen molar-refractivity contribution in [3.63, 3.8) is 0 Å². The number of benzene rings is 1. The molecule has 2 rings (SSSR count).